The van der Waals surface area contributed by atoms with Crippen LogP contribution in [-0.4, -0.2) is 41.3 Å². The van der Waals surface area contributed by atoms with Gasteiger partial charge in [0.15, 0.2) is 0 Å². The topological polar surface area (TPSA) is 41.6 Å². The molecule has 0 saturated carbocycles. The van der Waals surface area contributed by atoms with E-state index in [0.29, 0.717) is 5.92 Å². The minimum atomic E-state index is -0.108. The van der Waals surface area contributed by atoms with Crippen molar-refractivity contribution >= 4 is 6.09 Å². The summed E-state index contributed by atoms with van der Waals surface area (Å²) >= 11 is 0. The van der Waals surface area contributed by atoms with Crippen molar-refractivity contribution in [3.63, 3.8) is 0 Å². The zero-order valence-electron chi connectivity index (χ0n) is 14.4. The number of piperidine rings is 1. The summed E-state index contributed by atoms with van der Waals surface area (Å²) in [5.41, 5.74) is 0.0756. The number of ether oxygens (including phenoxy) is 1. The summed E-state index contributed by atoms with van der Waals surface area (Å²) in [5.74, 6) is 0.327. The maximum atomic E-state index is 12.3. The molecule has 0 aliphatic carbocycles. The lowest BCUT2D eigenvalue weighted by molar-refractivity contribution is -0.0455. The van der Waals surface area contributed by atoms with E-state index in [4.69, 9.17) is 4.74 Å². The second-order valence-electron chi connectivity index (χ2n) is 7.42. The van der Waals surface area contributed by atoms with Gasteiger partial charge in [-0.25, -0.2) is 4.79 Å². The van der Waals surface area contributed by atoms with Crippen LogP contribution in [0.2, 0.25) is 0 Å². The number of carbonyl (C=O) groups excluding carboxylic acids is 1. The van der Waals surface area contributed by atoms with Gasteiger partial charge in [0.05, 0.1) is 0 Å². The smallest absolute Gasteiger partial charge is 0.410 e. The molecule has 1 N–H and O–H groups in total. The van der Waals surface area contributed by atoms with E-state index in [1.54, 1.807) is 0 Å². The molecule has 4 nitrogen and oxygen atoms in total. The highest BCUT2D eigenvalue weighted by Gasteiger charge is 2.48. The van der Waals surface area contributed by atoms with Gasteiger partial charge in [-0.2, -0.15) is 0 Å². The number of nitrogens with zero attached hydrogens (tertiary/aromatic N) is 1. The molecule has 122 valence electrons. The summed E-state index contributed by atoms with van der Waals surface area (Å²) in [7, 11) is 0. The van der Waals surface area contributed by atoms with Gasteiger partial charge in [-0.3, -0.25) is 0 Å². The van der Waals surface area contributed by atoms with E-state index < -0.39 is 0 Å². The summed E-state index contributed by atoms with van der Waals surface area (Å²) < 4.78 is 5.93. The number of hydrogen-bond donors (Lipinski definition) is 1. The molecule has 2 heterocycles. The Morgan fingerprint density at radius 3 is 2.38 bits per heavy atom. The molecule has 4 atom stereocenters. The fourth-order valence-corrected chi connectivity index (χ4v) is 3.78. The number of hydrogen-bond acceptors (Lipinski definition) is 3. The van der Waals surface area contributed by atoms with E-state index in [2.05, 4.69) is 39.9 Å². The highest BCUT2D eigenvalue weighted by Crippen LogP contribution is 2.39. The molecule has 21 heavy (non-hydrogen) atoms. The van der Waals surface area contributed by atoms with Crippen molar-refractivity contribution in [1.29, 1.82) is 0 Å². The van der Waals surface area contributed by atoms with Crippen molar-refractivity contribution in [2.45, 2.75) is 83.9 Å². The van der Waals surface area contributed by atoms with Crippen molar-refractivity contribution in [3.8, 4) is 0 Å². The van der Waals surface area contributed by atoms with Crippen LogP contribution >= 0.6 is 0 Å². The van der Waals surface area contributed by atoms with Gasteiger partial charge in [-0.15, -0.1) is 0 Å². The molecule has 1 amide bonds. The maximum absolute atomic E-state index is 12.3. The van der Waals surface area contributed by atoms with Gasteiger partial charge in [-0.05, 0) is 39.5 Å². The van der Waals surface area contributed by atoms with E-state index >= 15 is 0 Å². The summed E-state index contributed by atoms with van der Waals surface area (Å²) in [5, 5.41) is 3.82. The minimum absolute atomic E-state index is 0.00856. The van der Waals surface area contributed by atoms with Gasteiger partial charge in [0.2, 0.25) is 0 Å². The summed E-state index contributed by atoms with van der Waals surface area (Å²) in [6, 6.07) is 0. The Balaban J connectivity index is 2.10. The molecule has 0 spiro atoms. The molecule has 4 unspecified atom stereocenters. The zero-order valence-corrected chi connectivity index (χ0v) is 14.4. The normalized spacial score (nSPS) is 40.3. The highest BCUT2D eigenvalue weighted by atomic mass is 16.6. The molecule has 2 fully saturated rings. The number of likely N-dealkylation sites (tertiary alicyclic amines) is 1. The quantitative estimate of drug-likeness (QED) is 0.866. The first-order valence-electron chi connectivity index (χ1n) is 8.58. The number of amides is 1. The van der Waals surface area contributed by atoms with Crippen molar-refractivity contribution in [3.05, 3.63) is 0 Å². The molecule has 4 heteroatoms. The lowest BCUT2D eigenvalue weighted by atomic mass is 9.70. The molecule has 2 saturated heterocycles. The van der Waals surface area contributed by atoms with Crippen molar-refractivity contribution in [2.24, 2.45) is 5.92 Å². The third-order valence-electron chi connectivity index (χ3n) is 5.93. The van der Waals surface area contributed by atoms with E-state index in [-0.39, 0.29) is 23.3 Å². The Kier molecular flexibility index (Phi) is 4.86. The summed E-state index contributed by atoms with van der Waals surface area (Å²) in [4.78, 5) is 14.2. The molecule has 0 radical (unpaired) electrons. The van der Waals surface area contributed by atoms with Crippen LogP contribution in [-0.2, 0) is 4.74 Å². The average molecular weight is 296 g/mol. The van der Waals surface area contributed by atoms with Gasteiger partial charge in [0.25, 0.3) is 0 Å². The maximum Gasteiger partial charge on any atom is 0.410 e. The molecular weight excluding hydrogens is 264 g/mol. The molecule has 0 aromatic heterocycles. The first-order chi connectivity index (χ1) is 9.83. The largest absolute Gasteiger partial charge is 0.446 e. The van der Waals surface area contributed by atoms with Gasteiger partial charge in [-0.1, -0.05) is 20.8 Å². The molecule has 0 aromatic carbocycles. The van der Waals surface area contributed by atoms with Crippen molar-refractivity contribution in [1.82, 2.24) is 10.2 Å². The predicted octanol–water partition coefficient (Wildman–Crippen LogP) is 3.55. The molecule has 2 rings (SSSR count). The third kappa shape index (κ3) is 3.36. The van der Waals surface area contributed by atoms with Crippen LogP contribution in [0.15, 0.2) is 0 Å². The Bertz CT molecular complexity index is 381. The van der Waals surface area contributed by atoms with Crippen LogP contribution in [0.3, 0.4) is 0 Å². The minimum Gasteiger partial charge on any atom is -0.446 e. The molecular formula is C17H32N2O2. The van der Waals surface area contributed by atoms with Gasteiger partial charge >= 0.3 is 6.09 Å². The average Bonchev–Trinajstić information content (AvgIpc) is 2.98. The van der Waals surface area contributed by atoms with E-state index in [9.17, 15) is 4.79 Å². The molecule has 2 aliphatic heterocycles. The number of rotatable bonds is 3. The standard InChI is InChI=1S/C17H32N2O2/c1-6-16(4)12-14(13(3)17(5,7-2)18-16)21-15(20)19-10-8-9-11-19/h13-14,18H,6-12H2,1-5H3. The second-order valence-corrected chi connectivity index (χ2v) is 7.42. The fourth-order valence-electron chi connectivity index (χ4n) is 3.78. The summed E-state index contributed by atoms with van der Waals surface area (Å²) in [6.45, 7) is 12.9. The van der Waals surface area contributed by atoms with Crippen LogP contribution in [0.4, 0.5) is 4.79 Å². The predicted molar refractivity (Wildman–Crippen MR) is 85.4 cm³/mol. The first-order valence-corrected chi connectivity index (χ1v) is 8.58. The second kappa shape index (κ2) is 6.15. The Labute approximate surface area is 129 Å². The SMILES string of the molecule is CCC1(C)CC(OC(=O)N2CCCC2)C(C)C(C)(CC)N1. The molecule has 0 aromatic rings. The number of nitrogens with one attached hydrogen (secondary N) is 1. The molecule has 2 aliphatic rings. The lowest BCUT2D eigenvalue weighted by Crippen LogP contribution is -2.66. The Morgan fingerprint density at radius 2 is 1.86 bits per heavy atom. The van der Waals surface area contributed by atoms with Gasteiger partial charge < -0.3 is 15.0 Å². The van der Waals surface area contributed by atoms with Crippen LogP contribution in [0.5, 0.6) is 0 Å². The van der Waals surface area contributed by atoms with Crippen molar-refractivity contribution in [2.75, 3.05) is 13.1 Å². The van der Waals surface area contributed by atoms with Crippen LogP contribution in [0.25, 0.3) is 0 Å². The Morgan fingerprint density at radius 1 is 1.24 bits per heavy atom. The van der Waals surface area contributed by atoms with E-state index in [1.165, 1.54) is 0 Å². The van der Waals surface area contributed by atoms with Gasteiger partial charge in [0.1, 0.15) is 6.10 Å². The van der Waals surface area contributed by atoms with Crippen LogP contribution < -0.4 is 5.32 Å². The van der Waals surface area contributed by atoms with E-state index in [1.807, 2.05) is 4.90 Å². The highest BCUT2D eigenvalue weighted by molar-refractivity contribution is 5.68. The van der Waals surface area contributed by atoms with Crippen LogP contribution in [0.1, 0.15) is 66.7 Å². The van der Waals surface area contributed by atoms with Gasteiger partial charge in [0, 0.05) is 36.5 Å². The van der Waals surface area contributed by atoms with E-state index in [0.717, 1.165) is 45.2 Å². The van der Waals surface area contributed by atoms with Crippen LogP contribution in [0, 0.1) is 5.92 Å². The summed E-state index contributed by atoms with van der Waals surface area (Å²) in [6.07, 6.45) is 5.11. The lowest BCUT2D eigenvalue weighted by Gasteiger charge is -2.53. The zero-order chi connectivity index (χ0) is 15.7. The number of carbonyl (C=O) groups is 1. The Hall–Kier alpha value is -0.770. The third-order valence-corrected chi connectivity index (χ3v) is 5.93. The monoisotopic (exact) mass is 296 g/mol. The molecule has 0 bridgehead atoms. The van der Waals surface area contributed by atoms with Crippen molar-refractivity contribution < 1.29 is 9.53 Å². The first kappa shape index (κ1) is 16.6. The fraction of sp³-hybridized carbons (Fsp3) is 0.941.